The first-order chi connectivity index (χ1) is 8.43. The van der Waals surface area contributed by atoms with Crippen molar-refractivity contribution in [1.29, 1.82) is 0 Å². The van der Waals surface area contributed by atoms with Crippen LogP contribution in [0.15, 0.2) is 18.2 Å². The minimum atomic E-state index is 0.400. The van der Waals surface area contributed by atoms with Crippen LogP contribution in [-0.2, 0) is 0 Å². The van der Waals surface area contributed by atoms with Gasteiger partial charge in [-0.3, -0.25) is 4.98 Å². The van der Waals surface area contributed by atoms with E-state index in [1.165, 1.54) is 11.1 Å². The lowest BCUT2D eigenvalue weighted by molar-refractivity contribution is 0.843. The zero-order valence-electron chi connectivity index (χ0n) is 11.7. The first kappa shape index (κ1) is 13.4. The van der Waals surface area contributed by atoms with Gasteiger partial charge in [-0.25, -0.2) is 0 Å². The van der Waals surface area contributed by atoms with E-state index in [9.17, 15) is 0 Å². The lowest BCUT2D eigenvalue weighted by Gasteiger charge is -2.16. The monoisotopic (exact) mass is 261 g/mol. The number of rotatable bonds is 2. The number of aryl methyl sites for hydroxylation is 1. The molecule has 0 N–H and O–H groups in total. The maximum absolute atomic E-state index is 6.58. The number of aromatic nitrogens is 1. The fraction of sp³-hybridized carbons (Fsp3) is 0.438. The van der Waals surface area contributed by atoms with Crippen molar-refractivity contribution >= 4 is 22.5 Å². The smallest absolute Gasteiger partial charge is 0.0754 e. The maximum Gasteiger partial charge on any atom is 0.0754 e. The minimum Gasteiger partial charge on any atom is -0.252 e. The molecule has 0 saturated heterocycles. The summed E-state index contributed by atoms with van der Waals surface area (Å²) in [6.07, 6.45) is 0. The minimum absolute atomic E-state index is 0.400. The van der Waals surface area contributed by atoms with Crippen LogP contribution >= 0.6 is 11.6 Å². The lowest BCUT2D eigenvalue weighted by atomic mass is 9.95. The molecular formula is C16H20ClN. The Morgan fingerprint density at radius 1 is 1.06 bits per heavy atom. The zero-order valence-corrected chi connectivity index (χ0v) is 12.5. The number of fused-ring (bicyclic) bond motifs is 1. The average Bonchev–Trinajstić information content (AvgIpc) is 2.27. The van der Waals surface area contributed by atoms with E-state index in [4.69, 9.17) is 16.6 Å². The predicted molar refractivity (Wildman–Crippen MR) is 79.7 cm³/mol. The fourth-order valence-electron chi connectivity index (χ4n) is 2.53. The van der Waals surface area contributed by atoms with Gasteiger partial charge in [0, 0.05) is 11.1 Å². The van der Waals surface area contributed by atoms with Crippen molar-refractivity contribution in [3.8, 4) is 0 Å². The summed E-state index contributed by atoms with van der Waals surface area (Å²) >= 11 is 6.58. The van der Waals surface area contributed by atoms with Gasteiger partial charge in [-0.15, -0.1) is 0 Å². The molecule has 0 radical (unpaired) electrons. The molecule has 0 aliphatic heterocycles. The quantitative estimate of drug-likeness (QED) is 0.701. The van der Waals surface area contributed by atoms with Gasteiger partial charge >= 0.3 is 0 Å². The Morgan fingerprint density at radius 3 is 2.28 bits per heavy atom. The van der Waals surface area contributed by atoms with E-state index >= 15 is 0 Å². The Kier molecular flexibility index (Phi) is 3.63. The van der Waals surface area contributed by atoms with Crippen LogP contribution in [0, 0.1) is 6.92 Å². The maximum atomic E-state index is 6.58. The van der Waals surface area contributed by atoms with E-state index in [1.807, 2.05) is 0 Å². The molecule has 0 atom stereocenters. The van der Waals surface area contributed by atoms with Gasteiger partial charge in [-0.05, 0) is 29.9 Å². The first-order valence-corrected chi connectivity index (χ1v) is 6.89. The molecule has 2 heteroatoms. The molecule has 2 rings (SSSR count). The third-order valence-electron chi connectivity index (χ3n) is 3.41. The Bertz CT molecular complexity index is 585. The zero-order chi connectivity index (χ0) is 13.4. The van der Waals surface area contributed by atoms with Crippen LogP contribution in [0.5, 0.6) is 0 Å². The van der Waals surface area contributed by atoms with Crippen LogP contribution in [-0.4, -0.2) is 4.98 Å². The van der Waals surface area contributed by atoms with Gasteiger partial charge in [0.05, 0.1) is 10.5 Å². The van der Waals surface area contributed by atoms with Crippen LogP contribution in [0.3, 0.4) is 0 Å². The van der Waals surface area contributed by atoms with Crippen LogP contribution in [0.4, 0.5) is 0 Å². The number of hydrogen-bond donors (Lipinski definition) is 0. The largest absolute Gasteiger partial charge is 0.252 e. The second kappa shape index (κ2) is 4.89. The summed E-state index contributed by atoms with van der Waals surface area (Å²) in [5.74, 6) is 0.860. The summed E-state index contributed by atoms with van der Waals surface area (Å²) in [5.41, 5.74) is 4.55. The molecule has 1 nitrogen and oxygen atoms in total. The number of halogens is 1. The van der Waals surface area contributed by atoms with Crippen molar-refractivity contribution in [1.82, 2.24) is 4.98 Å². The van der Waals surface area contributed by atoms with Gasteiger partial charge in [-0.1, -0.05) is 57.5 Å². The number of benzene rings is 1. The Morgan fingerprint density at radius 2 is 1.72 bits per heavy atom. The van der Waals surface area contributed by atoms with Gasteiger partial charge < -0.3 is 0 Å². The summed E-state index contributed by atoms with van der Waals surface area (Å²) < 4.78 is 0. The molecular weight excluding hydrogens is 242 g/mol. The summed E-state index contributed by atoms with van der Waals surface area (Å²) in [5, 5.41) is 1.95. The number of pyridine rings is 1. The molecule has 0 unspecified atom stereocenters. The molecule has 0 bridgehead atoms. The molecule has 0 saturated carbocycles. The van der Waals surface area contributed by atoms with E-state index in [-0.39, 0.29) is 0 Å². The molecule has 0 aliphatic rings. The SMILES string of the molecule is Cc1nc2c(C(C)C)cccc2c(Cl)c1C(C)C. The van der Waals surface area contributed by atoms with E-state index in [2.05, 4.69) is 52.8 Å². The van der Waals surface area contributed by atoms with Gasteiger partial charge in [0.25, 0.3) is 0 Å². The van der Waals surface area contributed by atoms with Crippen molar-refractivity contribution in [3.63, 3.8) is 0 Å². The lowest BCUT2D eigenvalue weighted by Crippen LogP contribution is -2.00. The molecule has 18 heavy (non-hydrogen) atoms. The molecule has 0 fully saturated rings. The Hall–Kier alpha value is -1.08. The van der Waals surface area contributed by atoms with E-state index < -0.39 is 0 Å². The highest BCUT2D eigenvalue weighted by molar-refractivity contribution is 6.36. The second-order valence-corrected chi connectivity index (χ2v) is 5.86. The van der Waals surface area contributed by atoms with Gasteiger partial charge in [-0.2, -0.15) is 0 Å². The Labute approximate surface area is 114 Å². The molecule has 1 heterocycles. The summed E-state index contributed by atoms with van der Waals surface area (Å²) in [6.45, 7) is 10.8. The summed E-state index contributed by atoms with van der Waals surface area (Å²) in [7, 11) is 0. The highest BCUT2D eigenvalue weighted by Gasteiger charge is 2.16. The third kappa shape index (κ3) is 2.12. The van der Waals surface area contributed by atoms with E-state index in [0.717, 1.165) is 21.6 Å². The van der Waals surface area contributed by atoms with Crippen LogP contribution in [0.1, 0.15) is 56.4 Å². The molecule has 0 spiro atoms. The number of para-hydroxylation sites is 1. The van der Waals surface area contributed by atoms with Crippen LogP contribution < -0.4 is 0 Å². The van der Waals surface area contributed by atoms with E-state index in [0.29, 0.717) is 11.8 Å². The van der Waals surface area contributed by atoms with Crippen LogP contribution in [0.25, 0.3) is 10.9 Å². The molecule has 2 aromatic rings. The Balaban J connectivity index is 2.85. The molecule has 0 amide bonds. The standard InChI is InChI=1S/C16H20ClN/c1-9(2)12-7-6-8-13-15(17)14(10(3)4)11(5)18-16(12)13/h6-10H,1-5H3. The molecule has 1 aromatic heterocycles. The van der Waals surface area contributed by atoms with Crippen molar-refractivity contribution < 1.29 is 0 Å². The number of nitrogens with zero attached hydrogens (tertiary/aromatic N) is 1. The summed E-state index contributed by atoms with van der Waals surface area (Å²) in [4.78, 5) is 4.79. The second-order valence-electron chi connectivity index (χ2n) is 5.48. The molecule has 1 aromatic carbocycles. The third-order valence-corrected chi connectivity index (χ3v) is 3.82. The highest BCUT2D eigenvalue weighted by atomic mass is 35.5. The number of hydrogen-bond acceptors (Lipinski definition) is 1. The molecule has 96 valence electrons. The van der Waals surface area contributed by atoms with Crippen molar-refractivity contribution in [2.75, 3.05) is 0 Å². The van der Waals surface area contributed by atoms with Crippen molar-refractivity contribution in [2.24, 2.45) is 0 Å². The highest BCUT2D eigenvalue weighted by Crippen LogP contribution is 2.35. The van der Waals surface area contributed by atoms with Gasteiger partial charge in [0.1, 0.15) is 0 Å². The predicted octanol–water partition coefficient (Wildman–Crippen LogP) is 5.44. The topological polar surface area (TPSA) is 12.9 Å². The van der Waals surface area contributed by atoms with Crippen molar-refractivity contribution in [3.05, 3.63) is 40.0 Å². The first-order valence-electron chi connectivity index (χ1n) is 6.52. The van der Waals surface area contributed by atoms with E-state index in [1.54, 1.807) is 0 Å². The summed E-state index contributed by atoms with van der Waals surface area (Å²) in [6, 6.07) is 6.29. The average molecular weight is 262 g/mol. The molecule has 0 aliphatic carbocycles. The normalized spacial score (nSPS) is 11.8. The van der Waals surface area contributed by atoms with Crippen LogP contribution in [0.2, 0.25) is 5.02 Å². The van der Waals surface area contributed by atoms with Gasteiger partial charge in [0.15, 0.2) is 0 Å². The fourth-order valence-corrected chi connectivity index (χ4v) is 3.04. The van der Waals surface area contributed by atoms with Crippen molar-refractivity contribution in [2.45, 2.75) is 46.5 Å². The van der Waals surface area contributed by atoms with Gasteiger partial charge in [0.2, 0.25) is 0 Å².